The predicted octanol–water partition coefficient (Wildman–Crippen LogP) is 0.645. The van der Waals surface area contributed by atoms with Crippen LogP contribution in [-0.4, -0.2) is 26.6 Å². The van der Waals surface area contributed by atoms with Crippen molar-refractivity contribution in [3.05, 3.63) is 29.7 Å². The quantitative estimate of drug-likeness (QED) is 0.623. The zero-order valence-corrected chi connectivity index (χ0v) is 5.76. The van der Waals surface area contributed by atoms with Gasteiger partial charge in [-0.15, -0.1) is 0 Å². The maximum atomic E-state index is 8.05. The van der Waals surface area contributed by atoms with Crippen LogP contribution in [0.3, 0.4) is 0 Å². The lowest BCUT2D eigenvalue weighted by molar-refractivity contribution is 0.177. The van der Waals surface area contributed by atoms with Crippen molar-refractivity contribution < 1.29 is 25.3 Å². The van der Waals surface area contributed by atoms with Gasteiger partial charge in [0, 0.05) is 13.4 Å². The van der Waals surface area contributed by atoms with Gasteiger partial charge in [-0.1, -0.05) is 12.1 Å². The Labute approximate surface area is 90.2 Å². The zero-order valence-electron chi connectivity index (χ0n) is 18.8. The molecule has 1 aromatic rings. The molecule has 0 saturated heterocycles. The van der Waals surface area contributed by atoms with E-state index in [1.807, 2.05) is 0 Å². The SMILES string of the molecule is [2H]Oc1c([2H])c([2H])c([2H])c([C@]([2H])(O[2H])C([2H])([2H])N([2H])C([2H])([2H])[2H])c1[2H]. The Hall–Kier alpha value is -1.06. The Morgan fingerprint density at radius 2 is 3.08 bits per heavy atom. The van der Waals surface area contributed by atoms with Crippen LogP contribution in [0.15, 0.2) is 24.2 Å². The molecule has 0 aromatic heterocycles. The van der Waals surface area contributed by atoms with Gasteiger partial charge < -0.3 is 15.5 Å². The molecule has 0 heterocycles. The first-order chi connectivity index (χ1) is 11.2. The van der Waals surface area contributed by atoms with Crippen molar-refractivity contribution in [3.63, 3.8) is 0 Å². The average Bonchev–Trinajstić information content (AvgIpc) is 2.51. The number of phenols is 1. The highest BCUT2D eigenvalue weighted by Gasteiger charge is 2.05. The van der Waals surface area contributed by atoms with E-state index >= 15 is 0 Å². The fraction of sp³-hybridized carbons (Fsp3) is 0.333. The Bertz CT molecular complexity index is 662. The summed E-state index contributed by atoms with van der Waals surface area (Å²) in [6.07, 6.45) is -3.45. The second-order valence-corrected chi connectivity index (χ2v) is 1.76. The fourth-order valence-electron chi connectivity index (χ4n) is 0.547. The molecule has 0 amide bonds. The molecule has 0 saturated carbocycles. The van der Waals surface area contributed by atoms with Crippen LogP contribution in [0.1, 0.15) is 25.4 Å². The minimum absolute atomic E-state index is 0.639. The minimum Gasteiger partial charge on any atom is -0.508 e. The summed E-state index contributed by atoms with van der Waals surface area (Å²) in [6, 6.07) is -3.96. The molecule has 0 unspecified atom stereocenters. The molecule has 0 bridgehead atoms. The summed E-state index contributed by atoms with van der Waals surface area (Å²) in [6.45, 7) is -6.98. The summed E-state index contributed by atoms with van der Waals surface area (Å²) >= 11 is 0. The number of hydrogen-bond acceptors (Lipinski definition) is 3. The zero-order chi connectivity index (χ0) is 20.0. The van der Waals surface area contributed by atoms with Crippen LogP contribution in [0, 0.1) is 0 Å². The van der Waals surface area contributed by atoms with E-state index in [-0.39, 0.29) is 0 Å². The molecule has 66 valence electrons. The highest BCUT2D eigenvalue weighted by Crippen LogP contribution is 2.17. The van der Waals surface area contributed by atoms with Crippen molar-refractivity contribution in [3.8, 4) is 5.75 Å². The standard InChI is InChI=1S/C9H13NO2/c1-10-6-9(12)7-3-2-4-8(11)5-7/h2-5,9-12H,6H2,1H3/t9-/m1/s1/i1D3,2D,3D,4D,5D,6D2,9D,12D/hD2. The predicted molar refractivity (Wildman–Crippen MR) is 47.0 cm³/mol. The third kappa shape index (κ3) is 2.22. The largest absolute Gasteiger partial charge is 0.508 e. The van der Waals surface area contributed by atoms with E-state index in [9.17, 15) is 0 Å². The molecule has 3 N–H and O–H groups in total. The minimum atomic E-state index is -3.60. The Balaban J connectivity index is 3.84. The molecule has 3 heteroatoms. The Kier molecular flexibility index (Phi) is 0.643. The van der Waals surface area contributed by atoms with Gasteiger partial charge in [0.1, 0.15) is 7.16 Å². The molecule has 0 aliphatic heterocycles. The van der Waals surface area contributed by atoms with E-state index < -0.39 is 60.3 Å². The topological polar surface area (TPSA) is 52.5 Å². The van der Waals surface area contributed by atoms with Crippen molar-refractivity contribution in [2.75, 3.05) is 13.5 Å². The van der Waals surface area contributed by atoms with Gasteiger partial charge in [-0.3, -0.25) is 0 Å². The monoisotopic (exact) mass is 180 g/mol. The third-order valence-electron chi connectivity index (χ3n) is 0.987. The Morgan fingerprint density at radius 3 is 3.83 bits per heavy atom. The number of aromatic hydroxyl groups is 1. The molecule has 1 atom stereocenters. The van der Waals surface area contributed by atoms with Gasteiger partial charge in [-0.25, -0.2) is 0 Å². The molecule has 1 rings (SSSR count). The van der Waals surface area contributed by atoms with Crippen molar-refractivity contribution >= 4 is 0 Å². The summed E-state index contributed by atoms with van der Waals surface area (Å²) in [5.74, 6) is -0.911. The summed E-state index contributed by atoms with van der Waals surface area (Å²) in [5, 5.41) is 7.36. The first-order valence-electron chi connectivity index (χ1n) is 9.12. The lowest BCUT2D eigenvalue weighted by atomic mass is 10.1. The molecular weight excluding hydrogens is 154 g/mol. The van der Waals surface area contributed by atoms with Gasteiger partial charge in [0.25, 0.3) is 1.43 Å². The maximum absolute atomic E-state index is 8.05. The van der Waals surface area contributed by atoms with Crippen molar-refractivity contribution in [2.24, 2.45) is 0 Å². The van der Waals surface area contributed by atoms with Crippen LogP contribution in [0.25, 0.3) is 0 Å². The number of nitrogens with one attached hydrogen (secondary N) is 1. The van der Waals surface area contributed by atoms with E-state index in [2.05, 4.69) is 10.2 Å². The Morgan fingerprint density at radius 1 is 2.08 bits per heavy atom. The second-order valence-electron chi connectivity index (χ2n) is 1.76. The number of aliphatic hydroxyl groups is 1. The smallest absolute Gasteiger partial charge is 0.293 e. The first kappa shape index (κ1) is 1.89. The van der Waals surface area contributed by atoms with Crippen LogP contribution in [-0.2, 0) is 0 Å². The number of phenolic OH excluding ortho intramolecular Hbond substituents is 1. The molecule has 0 spiro atoms. The number of likely N-dealkylation sites (N-methyl/N-ethyl adjacent to an activating group) is 1. The first-order valence-corrected chi connectivity index (χ1v) is 2.86. The van der Waals surface area contributed by atoms with Gasteiger partial charge in [-0.05, 0) is 24.6 Å². The molecule has 0 radical (unpaired) electrons. The number of hydrogen-bond donors (Lipinski definition) is 3. The van der Waals surface area contributed by atoms with Crippen LogP contribution in [0.5, 0.6) is 5.75 Å². The third-order valence-corrected chi connectivity index (χ3v) is 0.987. The van der Waals surface area contributed by atoms with Gasteiger partial charge in [-0.2, -0.15) is 0 Å². The number of rotatable bonds is 5. The fourth-order valence-corrected chi connectivity index (χ4v) is 0.547. The van der Waals surface area contributed by atoms with Gasteiger partial charge >= 0.3 is 0 Å². The summed E-state index contributed by atoms with van der Waals surface area (Å²) < 4.78 is 96.8. The second kappa shape index (κ2) is 4.09. The molecule has 0 aliphatic rings. The van der Waals surface area contributed by atoms with Crippen molar-refractivity contribution in [1.82, 2.24) is 5.31 Å². The van der Waals surface area contributed by atoms with E-state index in [4.69, 9.17) is 18.0 Å². The van der Waals surface area contributed by atoms with E-state index in [1.165, 1.54) is 0 Å². The highest BCUT2D eigenvalue weighted by molar-refractivity contribution is 5.28. The van der Waals surface area contributed by atoms with Gasteiger partial charge in [0.2, 0.25) is 1.43 Å². The summed E-state index contributed by atoms with van der Waals surface area (Å²) in [5.41, 5.74) is -1.13. The molecule has 12 heavy (non-hydrogen) atoms. The number of benzene rings is 1. The normalized spacial score (nSPS) is 33.2. The lowest BCUT2D eigenvalue weighted by Gasteiger charge is -2.09. The highest BCUT2D eigenvalue weighted by atomic mass is 16.3. The average molecular weight is 180 g/mol. The van der Waals surface area contributed by atoms with E-state index in [1.54, 1.807) is 0 Å². The van der Waals surface area contributed by atoms with E-state index in [0.717, 1.165) is 0 Å². The molecule has 0 aliphatic carbocycles. The van der Waals surface area contributed by atoms with Crippen molar-refractivity contribution in [1.29, 1.82) is 2.86 Å². The van der Waals surface area contributed by atoms with E-state index in [0.29, 0.717) is 0 Å². The van der Waals surface area contributed by atoms with Crippen LogP contribution in [0.4, 0.5) is 0 Å². The van der Waals surface area contributed by atoms with Gasteiger partial charge in [0.15, 0.2) is 0 Å². The molecule has 1 aromatic carbocycles. The van der Waals surface area contributed by atoms with Crippen LogP contribution >= 0.6 is 0 Å². The molecule has 3 nitrogen and oxygen atoms in total. The lowest BCUT2D eigenvalue weighted by Crippen LogP contribution is -2.16. The molecular formula is C9H13NO2. The molecule has 0 fully saturated rings. The van der Waals surface area contributed by atoms with Crippen LogP contribution < -0.4 is 5.31 Å². The van der Waals surface area contributed by atoms with Crippen LogP contribution in [0.2, 0.25) is 1.41 Å². The maximum Gasteiger partial charge on any atom is 0.293 e. The summed E-state index contributed by atoms with van der Waals surface area (Å²) in [7, 11) is 0. The summed E-state index contributed by atoms with van der Waals surface area (Å²) in [4.78, 5) is 0. The van der Waals surface area contributed by atoms with Crippen molar-refractivity contribution in [2.45, 2.75) is 6.08 Å². The van der Waals surface area contributed by atoms with Gasteiger partial charge in [0.05, 0.1) is 12.9 Å².